The molecule has 0 saturated heterocycles. The first-order valence-electron chi connectivity index (χ1n) is 6.37. The summed E-state index contributed by atoms with van der Waals surface area (Å²) < 4.78 is 13.3. The molecule has 0 radical (unpaired) electrons. The van der Waals surface area contributed by atoms with Gasteiger partial charge in [0.05, 0.1) is 0 Å². The van der Waals surface area contributed by atoms with Crippen LogP contribution in [-0.2, 0) is 6.54 Å². The number of aryl methyl sites for hydroxylation is 1. The third-order valence-corrected chi connectivity index (χ3v) is 3.48. The van der Waals surface area contributed by atoms with E-state index in [4.69, 9.17) is 11.6 Å². The Morgan fingerprint density at radius 2 is 1.95 bits per heavy atom. The Hall–Kier alpha value is -1.38. The van der Waals surface area contributed by atoms with Gasteiger partial charge in [0.25, 0.3) is 0 Å². The summed E-state index contributed by atoms with van der Waals surface area (Å²) in [5, 5.41) is 3.95. The number of hydrogen-bond donors (Lipinski definition) is 1. The van der Waals surface area contributed by atoms with Crippen molar-refractivity contribution in [1.29, 1.82) is 0 Å². The zero-order valence-corrected chi connectivity index (χ0v) is 11.9. The number of halogens is 2. The monoisotopic (exact) mass is 277 g/mol. The molecule has 0 atom stereocenters. The number of rotatable bonds is 4. The summed E-state index contributed by atoms with van der Waals surface area (Å²) in [4.78, 5) is 0. The Morgan fingerprint density at radius 3 is 2.63 bits per heavy atom. The van der Waals surface area contributed by atoms with Crippen molar-refractivity contribution in [2.24, 2.45) is 0 Å². The highest BCUT2D eigenvalue weighted by Crippen LogP contribution is 2.28. The molecule has 0 amide bonds. The summed E-state index contributed by atoms with van der Waals surface area (Å²) in [6.45, 7) is 5.67. The Labute approximate surface area is 118 Å². The van der Waals surface area contributed by atoms with E-state index in [1.54, 1.807) is 12.1 Å². The molecule has 1 N–H and O–H groups in total. The smallest absolute Gasteiger partial charge is 0.123 e. The third-order valence-electron chi connectivity index (χ3n) is 3.13. The van der Waals surface area contributed by atoms with Gasteiger partial charge in [-0.3, -0.25) is 0 Å². The summed E-state index contributed by atoms with van der Waals surface area (Å²) in [5.74, 6) is -0.228. The quantitative estimate of drug-likeness (QED) is 0.864. The van der Waals surface area contributed by atoms with Crippen LogP contribution in [-0.4, -0.2) is 6.54 Å². The van der Waals surface area contributed by atoms with Crippen molar-refractivity contribution in [2.45, 2.75) is 20.4 Å². The van der Waals surface area contributed by atoms with Crippen LogP contribution >= 0.6 is 11.6 Å². The lowest BCUT2D eigenvalue weighted by Gasteiger charge is -2.10. The largest absolute Gasteiger partial charge is 0.313 e. The number of nitrogens with one attached hydrogen (secondary N) is 1. The van der Waals surface area contributed by atoms with Crippen LogP contribution in [0.15, 0.2) is 36.4 Å². The molecule has 2 aromatic rings. The van der Waals surface area contributed by atoms with Crippen LogP contribution in [0.1, 0.15) is 18.1 Å². The molecule has 0 saturated carbocycles. The SMILES string of the molecule is CCNCc1ccc(-c2cc(F)ccc2C)cc1Cl. The second-order valence-electron chi connectivity index (χ2n) is 4.55. The van der Waals surface area contributed by atoms with Crippen LogP contribution < -0.4 is 5.32 Å². The van der Waals surface area contributed by atoms with Crippen molar-refractivity contribution >= 4 is 11.6 Å². The highest BCUT2D eigenvalue weighted by molar-refractivity contribution is 6.31. The van der Waals surface area contributed by atoms with Crippen molar-refractivity contribution in [3.05, 3.63) is 58.4 Å². The fourth-order valence-corrected chi connectivity index (χ4v) is 2.27. The van der Waals surface area contributed by atoms with Crippen molar-refractivity contribution in [3.63, 3.8) is 0 Å². The summed E-state index contributed by atoms with van der Waals surface area (Å²) in [6.07, 6.45) is 0. The molecule has 0 spiro atoms. The molecule has 0 fully saturated rings. The summed E-state index contributed by atoms with van der Waals surface area (Å²) >= 11 is 6.27. The fraction of sp³-hybridized carbons (Fsp3) is 0.250. The van der Waals surface area contributed by atoms with Gasteiger partial charge in [-0.1, -0.05) is 36.7 Å². The molecule has 3 heteroatoms. The first kappa shape index (κ1) is 14.0. The molecule has 2 aromatic carbocycles. The maximum Gasteiger partial charge on any atom is 0.123 e. The Bertz CT molecular complexity index is 581. The minimum Gasteiger partial charge on any atom is -0.313 e. The molecule has 0 unspecified atom stereocenters. The zero-order chi connectivity index (χ0) is 13.8. The van der Waals surface area contributed by atoms with Gasteiger partial charge < -0.3 is 5.32 Å². The van der Waals surface area contributed by atoms with E-state index < -0.39 is 0 Å². The number of benzene rings is 2. The molecule has 19 heavy (non-hydrogen) atoms. The Balaban J connectivity index is 2.36. The van der Waals surface area contributed by atoms with Crippen molar-refractivity contribution in [3.8, 4) is 11.1 Å². The van der Waals surface area contributed by atoms with Gasteiger partial charge in [-0.05, 0) is 53.9 Å². The normalized spacial score (nSPS) is 10.7. The van der Waals surface area contributed by atoms with Crippen LogP contribution in [0, 0.1) is 12.7 Å². The van der Waals surface area contributed by atoms with Gasteiger partial charge in [0.1, 0.15) is 5.82 Å². The molecule has 0 heterocycles. The summed E-state index contributed by atoms with van der Waals surface area (Å²) in [7, 11) is 0. The van der Waals surface area contributed by atoms with Gasteiger partial charge in [-0.2, -0.15) is 0 Å². The summed E-state index contributed by atoms with van der Waals surface area (Å²) in [6, 6.07) is 10.7. The molecule has 2 rings (SSSR count). The van der Waals surface area contributed by atoms with Gasteiger partial charge in [0, 0.05) is 11.6 Å². The van der Waals surface area contributed by atoms with E-state index in [1.807, 2.05) is 25.1 Å². The van der Waals surface area contributed by atoms with Crippen molar-refractivity contribution < 1.29 is 4.39 Å². The minimum absolute atomic E-state index is 0.228. The first-order valence-corrected chi connectivity index (χ1v) is 6.75. The van der Waals surface area contributed by atoms with E-state index in [0.29, 0.717) is 5.02 Å². The van der Waals surface area contributed by atoms with E-state index in [2.05, 4.69) is 12.2 Å². The Kier molecular flexibility index (Phi) is 4.56. The molecule has 100 valence electrons. The Morgan fingerprint density at radius 1 is 1.16 bits per heavy atom. The second kappa shape index (κ2) is 6.18. The summed E-state index contributed by atoms with van der Waals surface area (Å²) in [5.41, 5.74) is 3.93. The molecule has 0 aliphatic heterocycles. The van der Waals surface area contributed by atoms with Crippen molar-refractivity contribution in [1.82, 2.24) is 5.32 Å². The third kappa shape index (κ3) is 3.34. The van der Waals surface area contributed by atoms with Crippen LogP contribution in [0.3, 0.4) is 0 Å². The standard InChI is InChI=1S/C16H17ClFN/c1-3-19-10-13-6-5-12(8-16(13)17)15-9-14(18)7-4-11(15)2/h4-9,19H,3,10H2,1-2H3. The van der Waals surface area contributed by atoms with Gasteiger partial charge in [0.2, 0.25) is 0 Å². The predicted molar refractivity (Wildman–Crippen MR) is 79.0 cm³/mol. The lowest BCUT2D eigenvalue weighted by Crippen LogP contribution is -2.11. The highest BCUT2D eigenvalue weighted by Gasteiger charge is 2.07. The molecule has 0 aliphatic carbocycles. The lowest BCUT2D eigenvalue weighted by molar-refractivity contribution is 0.628. The first-order chi connectivity index (χ1) is 9.11. The second-order valence-corrected chi connectivity index (χ2v) is 4.95. The van der Waals surface area contributed by atoms with Crippen molar-refractivity contribution in [2.75, 3.05) is 6.54 Å². The maximum absolute atomic E-state index is 13.3. The van der Waals surface area contributed by atoms with E-state index in [0.717, 1.165) is 35.3 Å². The molecule has 0 aromatic heterocycles. The van der Waals surface area contributed by atoms with E-state index >= 15 is 0 Å². The van der Waals surface area contributed by atoms with E-state index in [-0.39, 0.29) is 5.82 Å². The molecule has 0 bridgehead atoms. The van der Waals surface area contributed by atoms with Gasteiger partial charge >= 0.3 is 0 Å². The van der Waals surface area contributed by atoms with Crippen LogP contribution in [0.2, 0.25) is 5.02 Å². The molecular weight excluding hydrogens is 261 g/mol. The average molecular weight is 278 g/mol. The average Bonchev–Trinajstić information content (AvgIpc) is 2.40. The lowest BCUT2D eigenvalue weighted by atomic mass is 9.99. The number of hydrogen-bond acceptors (Lipinski definition) is 1. The molecular formula is C16H17ClFN. The fourth-order valence-electron chi connectivity index (χ4n) is 2.02. The van der Waals surface area contributed by atoms with Crippen LogP contribution in [0.25, 0.3) is 11.1 Å². The topological polar surface area (TPSA) is 12.0 Å². The van der Waals surface area contributed by atoms with Gasteiger partial charge in [-0.15, -0.1) is 0 Å². The minimum atomic E-state index is -0.228. The molecule has 1 nitrogen and oxygen atoms in total. The highest BCUT2D eigenvalue weighted by atomic mass is 35.5. The van der Waals surface area contributed by atoms with Gasteiger partial charge in [-0.25, -0.2) is 4.39 Å². The zero-order valence-electron chi connectivity index (χ0n) is 11.1. The van der Waals surface area contributed by atoms with E-state index in [1.165, 1.54) is 6.07 Å². The van der Waals surface area contributed by atoms with Gasteiger partial charge in [0.15, 0.2) is 0 Å². The van der Waals surface area contributed by atoms with E-state index in [9.17, 15) is 4.39 Å². The van der Waals surface area contributed by atoms with Crippen LogP contribution in [0.4, 0.5) is 4.39 Å². The van der Waals surface area contributed by atoms with Crippen LogP contribution in [0.5, 0.6) is 0 Å². The maximum atomic E-state index is 13.3. The predicted octanol–water partition coefficient (Wildman–Crippen LogP) is 4.56. The molecule has 0 aliphatic rings.